The van der Waals surface area contributed by atoms with Crippen molar-refractivity contribution in [3.63, 3.8) is 0 Å². The van der Waals surface area contributed by atoms with Crippen molar-refractivity contribution in [2.45, 2.75) is 6.61 Å². The van der Waals surface area contributed by atoms with Crippen molar-refractivity contribution >= 4 is 5.91 Å². The molecule has 0 bridgehead atoms. The molecule has 1 amide bonds. The number of likely N-dealkylation sites (N-methyl/N-ethyl adjacent to an activating group) is 1. The molecule has 2 heterocycles. The van der Waals surface area contributed by atoms with Crippen LogP contribution in [0.15, 0.2) is 30.3 Å². The Morgan fingerprint density at radius 3 is 2.78 bits per heavy atom. The molecule has 1 N–H and O–H groups in total. The number of rotatable bonds is 4. The van der Waals surface area contributed by atoms with Crippen LogP contribution >= 0.6 is 0 Å². The largest absolute Gasteiger partial charge is 0.484 e. The van der Waals surface area contributed by atoms with Gasteiger partial charge in [0.05, 0.1) is 5.69 Å². The standard InChI is InChI=1S/C16H19FN4O2/c1-20-6-8-21(9-7-20)16(22)14-10-12(18-19-14)11-23-15-5-3-2-4-13(15)17/h2-5,10H,6-9,11H2,1H3,(H,18,19). The number of amides is 1. The van der Waals surface area contributed by atoms with Gasteiger partial charge in [0.25, 0.3) is 5.91 Å². The number of piperazine rings is 1. The average molecular weight is 318 g/mol. The van der Waals surface area contributed by atoms with E-state index in [0.29, 0.717) is 24.5 Å². The van der Waals surface area contributed by atoms with Crippen LogP contribution in [0.1, 0.15) is 16.2 Å². The topological polar surface area (TPSA) is 61.5 Å². The van der Waals surface area contributed by atoms with Gasteiger partial charge in [0.1, 0.15) is 6.61 Å². The van der Waals surface area contributed by atoms with Crippen LogP contribution in [0.4, 0.5) is 4.39 Å². The predicted octanol–water partition coefficient (Wildman–Crippen LogP) is 1.52. The van der Waals surface area contributed by atoms with Crippen molar-refractivity contribution in [2.75, 3.05) is 33.2 Å². The number of hydrogen-bond acceptors (Lipinski definition) is 4. The molecule has 23 heavy (non-hydrogen) atoms. The van der Waals surface area contributed by atoms with Crippen LogP contribution in [-0.2, 0) is 6.61 Å². The Morgan fingerprint density at radius 2 is 2.04 bits per heavy atom. The van der Waals surface area contributed by atoms with Gasteiger partial charge in [-0.1, -0.05) is 12.1 Å². The lowest BCUT2D eigenvalue weighted by molar-refractivity contribution is 0.0658. The number of aromatic nitrogens is 2. The van der Waals surface area contributed by atoms with E-state index in [1.54, 1.807) is 29.2 Å². The smallest absolute Gasteiger partial charge is 0.274 e. The second-order valence-electron chi connectivity index (χ2n) is 5.59. The molecule has 1 aromatic heterocycles. The van der Waals surface area contributed by atoms with E-state index >= 15 is 0 Å². The molecule has 0 saturated carbocycles. The van der Waals surface area contributed by atoms with E-state index < -0.39 is 5.82 Å². The fourth-order valence-electron chi connectivity index (χ4n) is 2.43. The minimum atomic E-state index is -0.416. The summed E-state index contributed by atoms with van der Waals surface area (Å²) < 4.78 is 18.9. The molecule has 0 atom stereocenters. The Balaban J connectivity index is 1.59. The number of para-hydroxylation sites is 1. The van der Waals surface area contributed by atoms with Gasteiger partial charge in [0, 0.05) is 26.2 Å². The van der Waals surface area contributed by atoms with E-state index in [1.165, 1.54) is 6.07 Å². The van der Waals surface area contributed by atoms with Gasteiger partial charge < -0.3 is 14.5 Å². The third-order valence-corrected chi connectivity index (χ3v) is 3.86. The quantitative estimate of drug-likeness (QED) is 0.928. The minimum absolute atomic E-state index is 0.0912. The molecule has 7 heteroatoms. The maximum Gasteiger partial charge on any atom is 0.274 e. The number of carbonyl (C=O) groups excluding carboxylic acids is 1. The van der Waals surface area contributed by atoms with Crippen LogP contribution in [-0.4, -0.2) is 59.1 Å². The molecule has 2 aromatic rings. The summed E-state index contributed by atoms with van der Waals surface area (Å²) in [4.78, 5) is 16.3. The highest BCUT2D eigenvalue weighted by atomic mass is 19.1. The van der Waals surface area contributed by atoms with Crippen molar-refractivity contribution in [1.82, 2.24) is 20.0 Å². The number of hydrogen-bond donors (Lipinski definition) is 1. The SMILES string of the molecule is CN1CCN(C(=O)c2cc(COc3ccccc3F)[nH]n2)CC1. The highest BCUT2D eigenvalue weighted by Crippen LogP contribution is 2.17. The summed E-state index contributed by atoms with van der Waals surface area (Å²) in [6, 6.07) is 7.85. The average Bonchev–Trinajstić information content (AvgIpc) is 3.03. The van der Waals surface area contributed by atoms with Gasteiger partial charge in [-0.3, -0.25) is 9.89 Å². The number of nitrogens with zero attached hydrogens (tertiary/aromatic N) is 3. The highest BCUT2D eigenvalue weighted by Gasteiger charge is 2.22. The number of benzene rings is 1. The molecule has 122 valence electrons. The number of nitrogens with one attached hydrogen (secondary N) is 1. The first-order chi connectivity index (χ1) is 11.1. The lowest BCUT2D eigenvalue weighted by Gasteiger charge is -2.31. The fraction of sp³-hybridized carbons (Fsp3) is 0.375. The van der Waals surface area contributed by atoms with Crippen molar-refractivity contribution in [1.29, 1.82) is 0 Å². The summed E-state index contributed by atoms with van der Waals surface area (Å²) in [5.74, 6) is -0.332. The van der Waals surface area contributed by atoms with Crippen molar-refractivity contribution < 1.29 is 13.9 Å². The summed E-state index contributed by atoms with van der Waals surface area (Å²) in [5, 5.41) is 6.81. The molecule has 0 radical (unpaired) electrons. The van der Waals surface area contributed by atoms with Gasteiger partial charge in [-0.05, 0) is 25.2 Å². The molecule has 1 aliphatic heterocycles. The van der Waals surface area contributed by atoms with E-state index in [4.69, 9.17) is 4.74 Å². The third kappa shape index (κ3) is 3.68. The molecule has 0 spiro atoms. The van der Waals surface area contributed by atoms with Crippen LogP contribution in [0.25, 0.3) is 0 Å². The molecule has 0 unspecified atom stereocenters. The zero-order chi connectivity index (χ0) is 16.2. The van der Waals surface area contributed by atoms with Crippen molar-refractivity contribution in [3.8, 4) is 5.75 Å². The predicted molar refractivity (Wildman–Crippen MR) is 82.7 cm³/mol. The van der Waals surface area contributed by atoms with Gasteiger partial charge in [0.15, 0.2) is 17.3 Å². The Kier molecular flexibility index (Phi) is 4.57. The summed E-state index contributed by atoms with van der Waals surface area (Å²) >= 11 is 0. The second-order valence-corrected chi connectivity index (χ2v) is 5.59. The maximum atomic E-state index is 13.5. The lowest BCUT2D eigenvalue weighted by Crippen LogP contribution is -2.47. The van der Waals surface area contributed by atoms with E-state index in [1.807, 2.05) is 7.05 Å². The summed E-state index contributed by atoms with van der Waals surface area (Å²) in [6.45, 7) is 3.25. The van der Waals surface area contributed by atoms with Gasteiger partial charge in [-0.15, -0.1) is 0 Å². The Hall–Kier alpha value is -2.41. The zero-order valence-corrected chi connectivity index (χ0v) is 13.0. The summed E-state index contributed by atoms with van der Waals surface area (Å²) in [5.41, 5.74) is 0.993. The summed E-state index contributed by atoms with van der Waals surface area (Å²) in [6.07, 6.45) is 0. The Morgan fingerprint density at radius 1 is 1.30 bits per heavy atom. The number of H-pyrrole nitrogens is 1. The first-order valence-corrected chi connectivity index (χ1v) is 7.53. The zero-order valence-electron chi connectivity index (χ0n) is 13.0. The van der Waals surface area contributed by atoms with E-state index in [0.717, 1.165) is 13.1 Å². The number of ether oxygens (including phenoxy) is 1. The summed E-state index contributed by atoms with van der Waals surface area (Å²) in [7, 11) is 2.04. The van der Waals surface area contributed by atoms with Crippen LogP contribution in [0.3, 0.4) is 0 Å². The van der Waals surface area contributed by atoms with Crippen LogP contribution in [0, 0.1) is 5.82 Å². The van der Waals surface area contributed by atoms with Crippen LogP contribution in [0.2, 0.25) is 0 Å². The fourth-order valence-corrected chi connectivity index (χ4v) is 2.43. The van der Waals surface area contributed by atoms with Crippen molar-refractivity contribution in [2.24, 2.45) is 0 Å². The molecule has 1 fully saturated rings. The van der Waals surface area contributed by atoms with Gasteiger partial charge >= 0.3 is 0 Å². The van der Waals surface area contributed by atoms with Gasteiger partial charge in [-0.2, -0.15) is 5.10 Å². The molecule has 1 aliphatic rings. The van der Waals surface area contributed by atoms with Gasteiger partial charge in [0.2, 0.25) is 0 Å². The Bertz CT molecular complexity index is 680. The first-order valence-electron chi connectivity index (χ1n) is 7.53. The van der Waals surface area contributed by atoms with Gasteiger partial charge in [-0.25, -0.2) is 4.39 Å². The number of aromatic amines is 1. The molecule has 0 aliphatic carbocycles. The van der Waals surface area contributed by atoms with Crippen molar-refractivity contribution in [3.05, 3.63) is 47.5 Å². The van der Waals surface area contributed by atoms with E-state index in [2.05, 4.69) is 15.1 Å². The number of carbonyl (C=O) groups is 1. The molecule has 1 aromatic carbocycles. The molecule has 6 nitrogen and oxygen atoms in total. The first kappa shape index (κ1) is 15.5. The minimum Gasteiger partial charge on any atom is -0.484 e. The maximum absolute atomic E-state index is 13.5. The molecule has 3 rings (SSSR count). The number of halogens is 1. The molecular formula is C16H19FN4O2. The monoisotopic (exact) mass is 318 g/mol. The Labute approximate surface area is 133 Å². The van der Waals surface area contributed by atoms with E-state index in [-0.39, 0.29) is 18.3 Å². The van der Waals surface area contributed by atoms with E-state index in [9.17, 15) is 9.18 Å². The molecule has 1 saturated heterocycles. The van der Waals surface area contributed by atoms with Crippen LogP contribution in [0.5, 0.6) is 5.75 Å². The highest BCUT2D eigenvalue weighted by molar-refractivity contribution is 5.92. The lowest BCUT2D eigenvalue weighted by atomic mass is 10.2. The molecular weight excluding hydrogens is 299 g/mol. The van der Waals surface area contributed by atoms with Crippen LogP contribution < -0.4 is 4.74 Å². The second kappa shape index (κ2) is 6.78. The normalized spacial score (nSPS) is 15.7. The third-order valence-electron chi connectivity index (χ3n) is 3.86.